The summed E-state index contributed by atoms with van der Waals surface area (Å²) in [7, 11) is 0. The van der Waals surface area contributed by atoms with Crippen molar-refractivity contribution in [2.45, 2.75) is 32.9 Å². The highest BCUT2D eigenvalue weighted by Crippen LogP contribution is 2.46. The molecule has 3 aromatic carbocycles. The van der Waals surface area contributed by atoms with Gasteiger partial charge >= 0.3 is 0 Å². The molecule has 0 saturated carbocycles. The molecule has 1 unspecified atom stereocenters. The molecule has 2 aliphatic rings. The molecule has 0 aliphatic carbocycles. The highest BCUT2D eigenvalue weighted by Gasteiger charge is 2.47. The van der Waals surface area contributed by atoms with Gasteiger partial charge in [0.2, 0.25) is 6.79 Å². The van der Waals surface area contributed by atoms with E-state index in [4.69, 9.17) is 18.9 Å². The Balaban J connectivity index is 1.66. The van der Waals surface area contributed by atoms with Crippen molar-refractivity contribution < 1.29 is 38.7 Å². The Labute approximate surface area is 219 Å². The first-order valence-electron chi connectivity index (χ1n) is 12.2. The number of benzene rings is 3. The topological polar surface area (TPSA) is 115 Å². The quantitative estimate of drug-likeness (QED) is 0.258. The van der Waals surface area contributed by atoms with E-state index >= 15 is 0 Å². The summed E-state index contributed by atoms with van der Waals surface area (Å²) in [5.41, 5.74) is 1.09. The van der Waals surface area contributed by atoms with Gasteiger partial charge in [0.15, 0.2) is 23.0 Å². The predicted octanol–water partition coefficient (Wildman–Crippen LogP) is 4.93. The molecule has 1 saturated heterocycles. The lowest BCUT2D eigenvalue weighted by molar-refractivity contribution is -0.132. The van der Waals surface area contributed by atoms with Crippen LogP contribution < -0.4 is 23.8 Å². The molecule has 0 aromatic heterocycles. The molecule has 2 heterocycles. The van der Waals surface area contributed by atoms with Crippen molar-refractivity contribution in [3.8, 4) is 28.7 Å². The number of ketones is 1. The van der Waals surface area contributed by atoms with Crippen LogP contribution in [0.1, 0.15) is 37.9 Å². The Morgan fingerprint density at radius 3 is 2.47 bits per heavy atom. The van der Waals surface area contributed by atoms with Gasteiger partial charge in [-0.05, 0) is 74.9 Å². The second-order valence-corrected chi connectivity index (χ2v) is 9.06. The van der Waals surface area contributed by atoms with Crippen molar-refractivity contribution in [2.24, 2.45) is 0 Å². The third-order valence-electron chi connectivity index (χ3n) is 6.18. The number of rotatable bonds is 7. The number of carbonyl (C=O) groups excluding carboxylic acids is 2. The van der Waals surface area contributed by atoms with Crippen molar-refractivity contribution in [1.82, 2.24) is 0 Å². The van der Waals surface area contributed by atoms with Crippen LogP contribution in [-0.2, 0) is 9.59 Å². The summed E-state index contributed by atoms with van der Waals surface area (Å²) in [6, 6.07) is 15.1. The molecule has 9 nitrogen and oxygen atoms in total. The average Bonchev–Trinajstić information content (AvgIpc) is 3.47. The van der Waals surface area contributed by atoms with Crippen LogP contribution >= 0.6 is 0 Å². The molecule has 2 N–H and O–H groups in total. The van der Waals surface area contributed by atoms with Crippen molar-refractivity contribution in [2.75, 3.05) is 18.3 Å². The van der Waals surface area contributed by atoms with E-state index in [0.717, 1.165) is 0 Å². The zero-order valence-corrected chi connectivity index (χ0v) is 21.1. The Hall–Kier alpha value is -4.66. The number of hydrogen-bond donors (Lipinski definition) is 2. The predicted molar refractivity (Wildman–Crippen MR) is 139 cm³/mol. The van der Waals surface area contributed by atoms with Crippen LogP contribution in [0.15, 0.2) is 66.2 Å². The number of aliphatic hydroxyl groups is 1. The number of nitrogens with zero attached hydrogens (tertiary/aromatic N) is 1. The molecule has 0 radical (unpaired) electrons. The van der Waals surface area contributed by atoms with E-state index in [2.05, 4.69) is 0 Å². The standard InChI is InChI=1S/C29H27NO8/c1-4-35-23-13-18(7-11-21(23)31)26-25(27(32)17-5-9-20(10-6-17)38-16(2)3)28(33)29(34)30(26)19-8-12-22-24(14-19)37-15-36-22/h5-14,16,26,31-32H,4,15H2,1-3H3/b27-25+. The van der Waals surface area contributed by atoms with Crippen molar-refractivity contribution in [3.63, 3.8) is 0 Å². The summed E-state index contributed by atoms with van der Waals surface area (Å²) >= 11 is 0. The monoisotopic (exact) mass is 517 g/mol. The van der Waals surface area contributed by atoms with E-state index in [-0.39, 0.29) is 35.7 Å². The maximum absolute atomic E-state index is 13.4. The minimum atomic E-state index is -1.01. The fourth-order valence-corrected chi connectivity index (χ4v) is 4.54. The Morgan fingerprint density at radius 2 is 1.76 bits per heavy atom. The van der Waals surface area contributed by atoms with Gasteiger partial charge in [-0.15, -0.1) is 0 Å². The normalized spacial score (nSPS) is 17.8. The molecule has 3 aromatic rings. The van der Waals surface area contributed by atoms with Crippen LogP contribution in [0, 0.1) is 0 Å². The number of anilines is 1. The summed E-state index contributed by atoms with van der Waals surface area (Å²) in [6.45, 7) is 5.92. The van der Waals surface area contributed by atoms with Gasteiger partial charge in [-0.2, -0.15) is 0 Å². The van der Waals surface area contributed by atoms with E-state index in [1.165, 1.54) is 11.0 Å². The zero-order chi connectivity index (χ0) is 27.0. The number of carbonyl (C=O) groups is 2. The van der Waals surface area contributed by atoms with Gasteiger partial charge < -0.3 is 29.2 Å². The Morgan fingerprint density at radius 1 is 1.03 bits per heavy atom. The number of fused-ring (bicyclic) bond motifs is 1. The van der Waals surface area contributed by atoms with E-state index in [1.807, 2.05) is 13.8 Å². The highest BCUT2D eigenvalue weighted by molar-refractivity contribution is 6.51. The maximum atomic E-state index is 13.4. The maximum Gasteiger partial charge on any atom is 0.300 e. The van der Waals surface area contributed by atoms with Crippen LogP contribution in [-0.4, -0.2) is 41.4 Å². The van der Waals surface area contributed by atoms with Gasteiger partial charge in [-0.25, -0.2) is 0 Å². The summed E-state index contributed by atoms with van der Waals surface area (Å²) in [4.78, 5) is 28.2. The van der Waals surface area contributed by atoms with Gasteiger partial charge in [0.05, 0.1) is 24.3 Å². The number of aliphatic hydroxyl groups excluding tert-OH is 1. The molecule has 196 valence electrons. The van der Waals surface area contributed by atoms with Crippen LogP contribution in [0.25, 0.3) is 5.76 Å². The Kier molecular flexibility index (Phi) is 6.59. The van der Waals surface area contributed by atoms with E-state index in [0.29, 0.717) is 40.7 Å². The third-order valence-corrected chi connectivity index (χ3v) is 6.18. The molecule has 0 bridgehead atoms. The molecule has 0 spiro atoms. The third kappa shape index (κ3) is 4.47. The van der Waals surface area contributed by atoms with Crippen LogP contribution in [0.5, 0.6) is 28.7 Å². The first-order valence-corrected chi connectivity index (χ1v) is 12.2. The smallest absolute Gasteiger partial charge is 0.300 e. The van der Waals surface area contributed by atoms with Crippen LogP contribution in [0.3, 0.4) is 0 Å². The van der Waals surface area contributed by atoms with Gasteiger partial charge in [0.25, 0.3) is 11.7 Å². The number of hydrogen-bond acceptors (Lipinski definition) is 8. The lowest BCUT2D eigenvalue weighted by Gasteiger charge is -2.26. The molecule has 5 rings (SSSR count). The summed E-state index contributed by atoms with van der Waals surface area (Å²) in [5.74, 6) is -0.334. The number of aromatic hydroxyl groups is 1. The molecule has 1 amide bonds. The fraction of sp³-hybridized carbons (Fsp3) is 0.241. The van der Waals surface area contributed by atoms with Gasteiger partial charge in [-0.1, -0.05) is 6.07 Å². The largest absolute Gasteiger partial charge is 0.507 e. The molecular formula is C29H27NO8. The molecule has 9 heteroatoms. The first-order chi connectivity index (χ1) is 18.3. The summed E-state index contributed by atoms with van der Waals surface area (Å²) in [6.07, 6.45) is -0.0319. The molecule has 38 heavy (non-hydrogen) atoms. The number of Topliss-reactive ketones (excluding diaryl/α,β-unsaturated/α-hetero) is 1. The molecule has 1 fully saturated rings. The lowest BCUT2D eigenvalue weighted by atomic mass is 9.94. The Bertz CT molecular complexity index is 1430. The van der Waals surface area contributed by atoms with Gasteiger partial charge in [0.1, 0.15) is 11.5 Å². The molecule has 1 atom stereocenters. The minimum absolute atomic E-state index is 0.0319. The van der Waals surface area contributed by atoms with Crippen LogP contribution in [0.4, 0.5) is 5.69 Å². The highest BCUT2D eigenvalue weighted by atomic mass is 16.7. The van der Waals surface area contributed by atoms with Gasteiger partial charge in [0, 0.05) is 17.3 Å². The second-order valence-electron chi connectivity index (χ2n) is 9.06. The molecule has 2 aliphatic heterocycles. The number of amides is 1. The average molecular weight is 518 g/mol. The zero-order valence-electron chi connectivity index (χ0n) is 21.1. The van der Waals surface area contributed by atoms with Crippen LogP contribution in [0.2, 0.25) is 0 Å². The fourth-order valence-electron chi connectivity index (χ4n) is 4.54. The number of phenolic OH excluding ortho intramolecular Hbond substituents is 1. The first kappa shape index (κ1) is 25.0. The molecular weight excluding hydrogens is 490 g/mol. The number of phenols is 1. The van der Waals surface area contributed by atoms with Crippen molar-refractivity contribution >= 4 is 23.1 Å². The SMILES string of the molecule is CCOc1cc(C2/C(=C(\O)c3ccc(OC(C)C)cc3)C(=O)C(=O)N2c2ccc3c(c2)OCO3)ccc1O. The number of ether oxygens (including phenoxy) is 4. The summed E-state index contributed by atoms with van der Waals surface area (Å²) in [5, 5.41) is 21.6. The minimum Gasteiger partial charge on any atom is -0.507 e. The second kappa shape index (κ2) is 10.0. The van der Waals surface area contributed by atoms with Crippen molar-refractivity contribution in [1.29, 1.82) is 0 Å². The van der Waals surface area contributed by atoms with E-state index < -0.39 is 17.7 Å². The lowest BCUT2D eigenvalue weighted by Crippen LogP contribution is -2.29. The van der Waals surface area contributed by atoms with E-state index in [9.17, 15) is 19.8 Å². The van der Waals surface area contributed by atoms with Gasteiger partial charge in [-0.3, -0.25) is 14.5 Å². The van der Waals surface area contributed by atoms with Crippen molar-refractivity contribution in [3.05, 3.63) is 77.4 Å². The summed E-state index contributed by atoms with van der Waals surface area (Å²) < 4.78 is 22.1. The van der Waals surface area contributed by atoms with E-state index in [1.54, 1.807) is 61.5 Å².